The first kappa shape index (κ1) is 22.2. The van der Waals surface area contributed by atoms with Gasteiger partial charge in [0.05, 0.1) is 23.8 Å². The number of furan rings is 1. The molecule has 3 aromatic heterocycles. The molecule has 1 fully saturated rings. The topological polar surface area (TPSA) is 102 Å². The fraction of sp³-hybridized carbons (Fsp3) is 0.154. The summed E-state index contributed by atoms with van der Waals surface area (Å²) in [5.41, 5.74) is 1.59. The van der Waals surface area contributed by atoms with Gasteiger partial charge in [0, 0.05) is 18.5 Å². The highest BCUT2D eigenvalue weighted by atomic mass is 32.1. The van der Waals surface area contributed by atoms with Gasteiger partial charge >= 0.3 is 0 Å². The van der Waals surface area contributed by atoms with Gasteiger partial charge in [0.25, 0.3) is 11.8 Å². The van der Waals surface area contributed by atoms with Crippen LogP contribution in [0.1, 0.15) is 21.2 Å². The van der Waals surface area contributed by atoms with Crippen molar-refractivity contribution < 1.29 is 18.7 Å². The largest absolute Gasteiger partial charge is 0.449 e. The summed E-state index contributed by atoms with van der Waals surface area (Å²) in [6.45, 7) is 1.83. The van der Waals surface area contributed by atoms with Crippen LogP contribution in [-0.2, 0) is 4.74 Å². The maximum atomic E-state index is 13.4. The number of fused-ring (bicyclic) bond motifs is 1. The van der Waals surface area contributed by atoms with Gasteiger partial charge in [-0.15, -0.1) is 16.4 Å². The molecule has 0 aliphatic carbocycles. The Morgan fingerprint density at radius 1 is 0.944 bits per heavy atom. The minimum Gasteiger partial charge on any atom is -0.449 e. The molecular weight excluding hydrogens is 478 g/mol. The van der Waals surface area contributed by atoms with Crippen molar-refractivity contribution in [2.24, 2.45) is 0 Å². The van der Waals surface area contributed by atoms with E-state index in [1.54, 1.807) is 21.7 Å². The molecule has 180 valence electrons. The Balaban J connectivity index is 1.38. The normalized spacial score (nSPS) is 13.7. The van der Waals surface area contributed by atoms with Gasteiger partial charge in [0.15, 0.2) is 5.82 Å². The summed E-state index contributed by atoms with van der Waals surface area (Å²) in [4.78, 5) is 33.8. The van der Waals surface area contributed by atoms with Crippen LogP contribution in [0.5, 0.6) is 0 Å². The molecule has 1 saturated heterocycles. The molecule has 1 aliphatic rings. The van der Waals surface area contributed by atoms with E-state index >= 15 is 0 Å². The van der Waals surface area contributed by atoms with Gasteiger partial charge in [-0.3, -0.25) is 9.59 Å². The molecule has 2 amide bonds. The van der Waals surface area contributed by atoms with Crippen LogP contribution in [0.2, 0.25) is 0 Å². The Morgan fingerprint density at radius 2 is 1.72 bits per heavy atom. The van der Waals surface area contributed by atoms with E-state index < -0.39 is 5.91 Å². The van der Waals surface area contributed by atoms with E-state index in [4.69, 9.17) is 9.15 Å². The van der Waals surface area contributed by atoms with Crippen molar-refractivity contribution in [3.05, 3.63) is 83.7 Å². The second-order valence-corrected chi connectivity index (χ2v) is 9.09. The number of morpholine rings is 1. The van der Waals surface area contributed by atoms with Crippen molar-refractivity contribution in [1.82, 2.24) is 19.7 Å². The molecule has 2 aromatic carbocycles. The number of anilines is 1. The Labute approximate surface area is 209 Å². The van der Waals surface area contributed by atoms with Gasteiger partial charge in [-0.1, -0.05) is 36.4 Å². The molecule has 4 heterocycles. The molecule has 0 spiro atoms. The molecule has 0 unspecified atom stereocenters. The van der Waals surface area contributed by atoms with E-state index in [1.807, 2.05) is 60.0 Å². The number of nitrogens with one attached hydrogen (secondary N) is 1. The predicted molar refractivity (Wildman–Crippen MR) is 136 cm³/mol. The zero-order valence-electron chi connectivity index (χ0n) is 19.1. The molecule has 6 rings (SSSR count). The van der Waals surface area contributed by atoms with Gasteiger partial charge in [-0.05, 0) is 35.7 Å². The van der Waals surface area contributed by atoms with E-state index in [9.17, 15) is 9.59 Å². The molecule has 36 heavy (non-hydrogen) atoms. The van der Waals surface area contributed by atoms with Crippen LogP contribution in [0, 0.1) is 0 Å². The number of para-hydroxylation sites is 2. The Hall–Kier alpha value is -4.28. The monoisotopic (exact) mass is 499 g/mol. The van der Waals surface area contributed by atoms with E-state index in [2.05, 4.69) is 15.4 Å². The van der Waals surface area contributed by atoms with E-state index in [0.29, 0.717) is 48.8 Å². The maximum Gasteiger partial charge on any atom is 0.295 e. The standard InChI is InChI=1S/C26H21N5O4S/c32-25(23-28-24(20-11-6-16-36-20)31(29-23)17-7-2-1-3-8-17)27-21-18-9-4-5-10-19(18)35-22(21)26(33)30-12-14-34-15-13-30/h1-11,16H,12-15H2,(H,27,32). The molecule has 5 aromatic rings. The maximum absolute atomic E-state index is 13.4. The van der Waals surface area contributed by atoms with Crippen molar-refractivity contribution in [3.63, 3.8) is 0 Å². The lowest BCUT2D eigenvalue weighted by Crippen LogP contribution is -2.40. The van der Waals surface area contributed by atoms with Crippen molar-refractivity contribution >= 4 is 39.8 Å². The number of hydrogen-bond donors (Lipinski definition) is 1. The number of carbonyl (C=O) groups is 2. The number of hydrogen-bond acceptors (Lipinski definition) is 7. The number of nitrogens with zero attached hydrogens (tertiary/aromatic N) is 4. The third-order valence-corrected chi connectivity index (χ3v) is 6.74. The highest BCUT2D eigenvalue weighted by molar-refractivity contribution is 7.13. The first-order valence-corrected chi connectivity index (χ1v) is 12.3. The molecule has 0 atom stereocenters. The van der Waals surface area contributed by atoms with Crippen LogP contribution in [-0.4, -0.2) is 57.8 Å². The minimum absolute atomic E-state index is 0.0164. The number of ether oxygens (including phenoxy) is 1. The SMILES string of the molecule is O=C(Nc1c(C(=O)N2CCOCC2)oc2ccccc12)c1nc(-c2cccs2)n(-c2ccccc2)n1. The zero-order valence-corrected chi connectivity index (χ0v) is 19.9. The minimum atomic E-state index is -0.537. The Morgan fingerprint density at radius 3 is 2.50 bits per heavy atom. The number of amides is 2. The number of rotatable bonds is 5. The number of aromatic nitrogens is 3. The van der Waals surface area contributed by atoms with E-state index in [0.717, 1.165) is 10.6 Å². The van der Waals surface area contributed by atoms with Crippen molar-refractivity contribution in [2.75, 3.05) is 31.6 Å². The van der Waals surface area contributed by atoms with Gasteiger partial charge < -0.3 is 19.4 Å². The average molecular weight is 500 g/mol. The van der Waals surface area contributed by atoms with Crippen LogP contribution in [0.4, 0.5) is 5.69 Å². The second kappa shape index (κ2) is 9.40. The molecule has 0 radical (unpaired) electrons. The Kier molecular flexibility index (Phi) is 5.80. The quantitative estimate of drug-likeness (QED) is 0.383. The predicted octanol–water partition coefficient (Wildman–Crippen LogP) is 4.47. The lowest BCUT2D eigenvalue weighted by atomic mass is 10.2. The summed E-state index contributed by atoms with van der Waals surface area (Å²) in [5, 5.41) is 9.95. The summed E-state index contributed by atoms with van der Waals surface area (Å²) >= 11 is 1.51. The second-order valence-electron chi connectivity index (χ2n) is 8.14. The van der Waals surface area contributed by atoms with Crippen LogP contribution in [0.25, 0.3) is 27.4 Å². The highest BCUT2D eigenvalue weighted by Gasteiger charge is 2.29. The molecular formula is C26H21N5O4S. The van der Waals surface area contributed by atoms with Gasteiger partial charge in [0.2, 0.25) is 11.6 Å². The summed E-state index contributed by atoms with van der Waals surface area (Å²) in [7, 11) is 0. The van der Waals surface area contributed by atoms with Crippen LogP contribution in [0.3, 0.4) is 0 Å². The van der Waals surface area contributed by atoms with Crippen molar-refractivity contribution in [1.29, 1.82) is 0 Å². The molecule has 9 nitrogen and oxygen atoms in total. The van der Waals surface area contributed by atoms with E-state index in [-0.39, 0.29) is 17.5 Å². The van der Waals surface area contributed by atoms with E-state index in [1.165, 1.54) is 11.3 Å². The molecule has 0 saturated carbocycles. The lowest BCUT2D eigenvalue weighted by Gasteiger charge is -2.26. The van der Waals surface area contributed by atoms with Gasteiger partial charge in [-0.25, -0.2) is 9.67 Å². The third kappa shape index (κ3) is 4.06. The van der Waals surface area contributed by atoms with Gasteiger partial charge in [0.1, 0.15) is 11.3 Å². The first-order valence-electron chi connectivity index (χ1n) is 11.5. The molecule has 1 N–H and O–H groups in total. The highest BCUT2D eigenvalue weighted by Crippen LogP contribution is 2.33. The molecule has 10 heteroatoms. The number of carbonyl (C=O) groups excluding carboxylic acids is 2. The number of thiophene rings is 1. The first-order chi connectivity index (χ1) is 17.7. The third-order valence-electron chi connectivity index (χ3n) is 5.88. The van der Waals surface area contributed by atoms with Crippen LogP contribution >= 0.6 is 11.3 Å². The summed E-state index contributed by atoms with van der Waals surface area (Å²) in [5.74, 6) is -0.218. The van der Waals surface area contributed by atoms with Gasteiger partial charge in [-0.2, -0.15) is 0 Å². The van der Waals surface area contributed by atoms with Crippen LogP contribution in [0.15, 0.2) is 76.5 Å². The van der Waals surface area contributed by atoms with Crippen molar-refractivity contribution in [3.8, 4) is 16.4 Å². The summed E-state index contributed by atoms with van der Waals surface area (Å²) < 4.78 is 12.9. The smallest absolute Gasteiger partial charge is 0.295 e. The zero-order chi connectivity index (χ0) is 24.5. The molecule has 0 bridgehead atoms. The summed E-state index contributed by atoms with van der Waals surface area (Å²) in [6, 6.07) is 20.6. The summed E-state index contributed by atoms with van der Waals surface area (Å²) in [6.07, 6.45) is 0. The Bertz CT molecular complexity index is 1540. The fourth-order valence-electron chi connectivity index (χ4n) is 4.12. The average Bonchev–Trinajstić information content (AvgIpc) is 3.68. The lowest BCUT2D eigenvalue weighted by molar-refractivity contribution is 0.0285. The fourth-order valence-corrected chi connectivity index (χ4v) is 4.82. The van der Waals surface area contributed by atoms with Crippen molar-refractivity contribution in [2.45, 2.75) is 0 Å². The van der Waals surface area contributed by atoms with Crippen LogP contribution < -0.4 is 5.32 Å². The number of benzene rings is 2. The molecule has 1 aliphatic heterocycles.